The summed E-state index contributed by atoms with van der Waals surface area (Å²) in [6.45, 7) is 16.0. The van der Waals surface area contributed by atoms with Crippen molar-refractivity contribution < 1.29 is 33.8 Å². The first kappa shape index (κ1) is 40.2. The van der Waals surface area contributed by atoms with Crippen LogP contribution in [0.15, 0.2) is 42.2 Å². The second kappa shape index (κ2) is 16.3. The van der Waals surface area contributed by atoms with Gasteiger partial charge in [-0.25, -0.2) is 9.59 Å². The Hall–Kier alpha value is -0.820. The van der Waals surface area contributed by atoms with Crippen molar-refractivity contribution in [1.82, 2.24) is 0 Å². The van der Waals surface area contributed by atoms with Crippen LogP contribution in [0.5, 0.6) is 0 Å². The van der Waals surface area contributed by atoms with Crippen molar-refractivity contribution >= 4 is 109 Å². The van der Waals surface area contributed by atoms with E-state index in [4.69, 9.17) is 37.8 Å². The number of ether oxygens (including phenoxy) is 2. The van der Waals surface area contributed by atoms with Gasteiger partial charge in [-0.15, -0.1) is 0 Å². The summed E-state index contributed by atoms with van der Waals surface area (Å²) < 4.78 is 12.5. The van der Waals surface area contributed by atoms with E-state index in [1.807, 2.05) is 0 Å². The third-order valence-corrected chi connectivity index (χ3v) is 6.81. The fraction of sp³-hybridized carbons (Fsp3) is 0.429. The normalized spacial score (nSPS) is 11.3. The summed E-state index contributed by atoms with van der Waals surface area (Å²) in [5.41, 5.74) is -0.441. The summed E-state index contributed by atoms with van der Waals surface area (Å²) in [5, 5.41) is 7.31. The molecule has 0 amide bonds. The molecular formula is C28H32Br4Cl2O7. The molecule has 228 valence electrons. The van der Waals surface area contributed by atoms with Crippen molar-refractivity contribution in [2.75, 3.05) is 0 Å². The van der Waals surface area contributed by atoms with Gasteiger partial charge in [0.05, 0.1) is 16.7 Å². The highest BCUT2D eigenvalue weighted by Gasteiger charge is 2.25. The lowest BCUT2D eigenvalue weighted by molar-refractivity contribution is 0.00501. The van der Waals surface area contributed by atoms with Gasteiger partial charge in [0.25, 0.3) is 10.5 Å². The molecule has 7 nitrogen and oxygen atoms in total. The minimum absolute atomic E-state index is 0.278. The molecule has 0 fully saturated rings. The Balaban J connectivity index is 0.000000715. The van der Waals surface area contributed by atoms with E-state index in [0.29, 0.717) is 29.0 Å². The van der Waals surface area contributed by atoms with Crippen LogP contribution in [0, 0.1) is 0 Å². The second-order valence-electron chi connectivity index (χ2n) is 11.3. The number of benzene rings is 2. The van der Waals surface area contributed by atoms with Gasteiger partial charge in [-0.2, -0.15) is 0 Å². The summed E-state index contributed by atoms with van der Waals surface area (Å²) in [7, 11) is 0. The number of halogens is 6. The van der Waals surface area contributed by atoms with Crippen LogP contribution in [0.2, 0.25) is 0 Å². The zero-order valence-corrected chi connectivity index (χ0v) is 31.8. The van der Waals surface area contributed by atoms with E-state index in [-0.39, 0.29) is 11.1 Å². The number of rotatable bonds is 4. The fourth-order valence-corrected chi connectivity index (χ4v) is 4.97. The van der Waals surface area contributed by atoms with Crippen molar-refractivity contribution in [2.45, 2.75) is 79.1 Å². The van der Waals surface area contributed by atoms with Gasteiger partial charge in [-0.1, -0.05) is 0 Å². The molecule has 2 aromatic rings. The van der Waals surface area contributed by atoms with E-state index in [2.05, 4.69) is 63.7 Å². The van der Waals surface area contributed by atoms with Crippen LogP contribution in [0.3, 0.4) is 0 Å². The molecule has 2 rings (SSSR count). The van der Waals surface area contributed by atoms with Gasteiger partial charge < -0.3 is 14.6 Å². The minimum atomic E-state index is -0.605. The lowest BCUT2D eigenvalue weighted by atomic mass is 10.1. The Morgan fingerprint density at radius 2 is 0.756 bits per heavy atom. The van der Waals surface area contributed by atoms with Gasteiger partial charge in [0.1, 0.15) is 11.2 Å². The van der Waals surface area contributed by atoms with E-state index >= 15 is 0 Å². The van der Waals surface area contributed by atoms with Crippen LogP contribution in [-0.4, -0.2) is 44.3 Å². The number of esters is 2. The predicted octanol–water partition coefficient (Wildman–Crippen LogP) is 9.87. The van der Waals surface area contributed by atoms with Crippen LogP contribution in [-0.2, 0) is 9.47 Å². The first-order chi connectivity index (χ1) is 18.2. The Morgan fingerprint density at radius 3 is 0.951 bits per heavy atom. The molecule has 0 unspecified atom stereocenters. The van der Waals surface area contributed by atoms with E-state index in [1.165, 1.54) is 12.1 Å². The Morgan fingerprint density at radius 1 is 0.561 bits per heavy atom. The SMILES string of the molecule is CC(C)(C)O.CC(C)(C)OC(=O)c1cc(Br)c(C(=O)OC(C)(C)C)cc1Br.O=C(Cl)c1cc(Br)c(C(=O)Cl)cc1Br. The van der Waals surface area contributed by atoms with Crippen molar-refractivity contribution in [1.29, 1.82) is 0 Å². The number of hydrogen-bond donors (Lipinski definition) is 1. The number of carbonyl (C=O) groups is 4. The molecule has 0 aliphatic carbocycles. The molecule has 1 N–H and O–H groups in total. The molecule has 0 saturated heterocycles. The van der Waals surface area contributed by atoms with Crippen LogP contribution >= 0.6 is 86.9 Å². The van der Waals surface area contributed by atoms with Crippen molar-refractivity contribution in [3.8, 4) is 0 Å². The van der Waals surface area contributed by atoms with Crippen molar-refractivity contribution in [3.05, 3.63) is 64.4 Å². The molecule has 0 atom stereocenters. The molecule has 0 aliphatic rings. The van der Waals surface area contributed by atoms with Crippen molar-refractivity contribution in [3.63, 3.8) is 0 Å². The standard InChI is InChI=1S/C16H20Br2O4.C8H2Br2Cl2O2.C4H10O/c1-15(2,3)21-13(19)9-7-12(18)10(8-11(9)17)14(20)22-16(4,5)6;9-5-1-3(7(11)13)6(10)2-4(5)8(12)14;1-4(2,3)5/h7-8H,1-6H3;1-2H;5H,1-3H3. The molecule has 41 heavy (non-hydrogen) atoms. The average Bonchev–Trinajstić information content (AvgIpc) is 2.72. The largest absolute Gasteiger partial charge is 0.456 e. The van der Waals surface area contributed by atoms with Gasteiger partial charge in [0.15, 0.2) is 0 Å². The Labute approximate surface area is 284 Å². The van der Waals surface area contributed by atoms with E-state index < -0.39 is 39.2 Å². The number of aliphatic hydroxyl groups is 1. The minimum Gasteiger partial charge on any atom is -0.456 e. The van der Waals surface area contributed by atoms with E-state index in [0.717, 1.165) is 0 Å². The summed E-state index contributed by atoms with van der Waals surface area (Å²) in [5.74, 6) is -0.924. The lowest BCUT2D eigenvalue weighted by Crippen LogP contribution is -2.25. The topological polar surface area (TPSA) is 107 Å². The van der Waals surface area contributed by atoms with Crippen LogP contribution in [0.1, 0.15) is 104 Å². The average molecular weight is 871 g/mol. The van der Waals surface area contributed by atoms with Gasteiger partial charge >= 0.3 is 11.9 Å². The molecule has 0 saturated carbocycles. The van der Waals surface area contributed by atoms with Gasteiger partial charge in [0.2, 0.25) is 0 Å². The molecule has 2 aromatic carbocycles. The number of hydrogen-bond acceptors (Lipinski definition) is 7. The summed E-state index contributed by atoms with van der Waals surface area (Å²) in [4.78, 5) is 46.1. The Bertz CT molecular complexity index is 1190. The monoisotopic (exact) mass is 866 g/mol. The highest BCUT2D eigenvalue weighted by Crippen LogP contribution is 2.30. The lowest BCUT2D eigenvalue weighted by Gasteiger charge is -2.21. The highest BCUT2D eigenvalue weighted by molar-refractivity contribution is 9.11. The van der Waals surface area contributed by atoms with E-state index in [9.17, 15) is 19.2 Å². The van der Waals surface area contributed by atoms with Crippen LogP contribution < -0.4 is 0 Å². The maximum absolute atomic E-state index is 12.2. The predicted molar refractivity (Wildman–Crippen MR) is 176 cm³/mol. The molecule has 13 heteroatoms. The van der Waals surface area contributed by atoms with Gasteiger partial charge in [0, 0.05) is 29.0 Å². The zero-order valence-electron chi connectivity index (χ0n) is 24.0. The maximum Gasteiger partial charge on any atom is 0.339 e. The molecular weight excluding hydrogens is 839 g/mol. The van der Waals surface area contributed by atoms with Crippen molar-refractivity contribution in [2.24, 2.45) is 0 Å². The molecule has 0 spiro atoms. The highest BCUT2D eigenvalue weighted by atomic mass is 79.9. The van der Waals surface area contributed by atoms with Crippen LogP contribution in [0.25, 0.3) is 0 Å². The Kier molecular flexibility index (Phi) is 16.0. The number of carbonyl (C=O) groups excluding carboxylic acids is 4. The van der Waals surface area contributed by atoms with E-state index in [1.54, 1.807) is 74.4 Å². The molecule has 0 aliphatic heterocycles. The smallest absolute Gasteiger partial charge is 0.339 e. The zero-order chi connectivity index (χ0) is 32.7. The summed E-state index contributed by atoms with van der Waals surface area (Å²) >= 11 is 23.5. The first-order valence-electron chi connectivity index (χ1n) is 11.8. The van der Waals surface area contributed by atoms with Gasteiger partial charge in [-0.05, 0) is 174 Å². The third-order valence-electron chi connectivity index (χ3n) is 3.77. The van der Waals surface area contributed by atoms with Crippen LogP contribution in [0.4, 0.5) is 0 Å². The molecule has 0 radical (unpaired) electrons. The summed E-state index contributed by atoms with van der Waals surface area (Å²) in [6.07, 6.45) is 0. The quantitative estimate of drug-likeness (QED) is 0.241. The molecule has 0 aromatic heterocycles. The first-order valence-corrected chi connectivity index (χ1v) is 15.7. The molecule has 0 bridgehead atoms. The molecule has 0 heterocycles. The third kappa shape index (κ3) is 16.6. The maximum atomic E-state index is 12.2. The summed E-state index contributed by atoms with van der Waals surface area (Å²) in [6, 6.07) is 5.98. The second-order valence-corrected chi connectivity index (χ2v) is 15.4. The van der Waals surface area contributed by atoms with Gasteiger partial charge in [-0.3, -0.25) is 9.59 Å². The fourth-order valence-electron chi connectivity index (χ4n) is 2.37.